The molecule has 3 aromatic rings. The number of rotatable bonds is 8. The molecule has 1 amide bonds. The molecule has 176 valence electrons. The highest BCUT2D eigenvalue weighted by molar-refractivity contribution is 5.99. The lowest BCUT2D eigenvalue weighted by Crippen LogP contribution is -2.49. The van der Waals surface area contributed by atoms with E-state index in [2.05, 4.69) is 5.32 Å². The van der Waals surface area contributed by atoms with Crippen molar-refractivity contribution in [2.45, 2.75) is 18.5 Å². The van der Waals surface area contributed by atoms with Crippen molar-refractivity contribution >= 4 is 23.3 Å². The summed E-state index contributed by atoms with van der Waals surface area (Å²) in [5, 5.41) is 12.9. The van der Waals surface area contributed by atoms with Crippen LogP contribution in [-0.4, -0.2) is 50.3 Å². The van der Waals surface area contributed by atoms with Gasteiger partial charge in [0.05, 0.1) is 18.2 Å². The summed E-state index contributed by atoms with van der Waals surface area (Å²) in [5.41, 5.74) is 3.45. The van der Waals surface area contributed by atoms with Gasteiger partial charge in [0, 0.05) is 26.3 Å². The Kier molecular flexibility index (Phi) is 7.13. The summed E-state index contributed by atoms with van der Waals surface area (Å²) in [4.78, 5) is 29.3. The molecule has 0 radical (unpaired) electrons. The van der Waals surface area contributed by atoms with Crippen molar-refractivity contribution in [3.63, 3.8) is 0 Å². The van der Waals surface area contributed by atoms with Gasteiger partial charge >= 0.3 is 5.97 Å². The number of aliphatic carboxylic acids is 1. The van der Waals surface area contributed by atoms with Crippen molar-refractivity contribution in [3.05, 3.63) is 90.0 Å². The Bertz CT molecular complexity index is 1130. The highest BCUT2D eigenvalue weighted by Crippen LogP contribution is 2.32. The highest BCUT2D eigenvalue weighted by atomic mass is 16.5. The highest BCUT2D eigenvalue weighted by Gasteiger charge is 2.32. The van der Waals surface area contributed by atoms with E-state index >= 15 is 0 Å². The second kappa shape index (κ2) is 10.4. The fraction of sp³-hybridized carbons (Fsp3) is 0.259. The molecule has 1 aliphatic rings. The van der Waals surface area contributed by atoms with E-state index in [4.69, 9.17) is 4.74 Å². The van der Waals surface area contributed by atoms with Gasteiger partial charge in [0.2, 0.25) is 5.91 Å². The number of carbonyl (C=O) groups is 2. The first kappa shape index (κ1) is 23.3. The fourth-order valence-electron chi connectivity index (χ4n) is 4.04. The Balaban J connectivity index is 1.56. The normalized spacial score (nSPS) is 16.2. The Labute approximate surface area is 199 Å². The van der Waals surface area contributed by atoms with E-state index in [0.29, 0.717) is 23.5 Å². The van der Waals surface area contributed by atoms with Crippen LogP contribution in [0.15, 0.2) is 78.9 Å². The van der Waals surface area contributed by atoms with Crippen molar-refractivity contribution < 1.29 is 19.4 Å². The first-order chi connectivity index (χ1) is 16.4. The molecule has 7 heteroatoms. The molecule has 0 saturated heterocycles. The smallest absolute Gasteiger partial charge is 0.312 e. The van der Waals surface area contributed by atoms with Crippen molar-refractivity contribution in [3.8, 4) is 5.75 Å². The lowest BCUT2D eigenvalue weighted by molar-refractivity contribution is -0.139. The van der Waals surface area contributed by atoms with Crippen LogP contribution in [0.5, 0.6) is 5.75 Å². The van der Waals surface area contributed by atoms with Gasteiger partial charge in [-0.25, -0.2) is 0 Å². The van der Waals surface area contributed by atoms with E-state index in [-0.39, 0.29) is 19.1 Å². The minimum Gasteiger partial charge on any atom is -0.489 e. The number of amides is 1. The molecule has 2 N–H and O–H groups in total. The molecule has 0 fully saturated rings. The number of carboxylic acids is 1. The number of fused-ring (bicyclic) bond motifs is 1. The SMILES string of the molecule is CN(C)c1ccc(CN2C(=O)[C@@H](NC[C@H](C(=O)O)c3ccccc3)COc3ccccc32)cc1. The van der Waals surface area contributed by atoms with E-state index in [0.717, 1.165) is 11.3 Å². The molecule has 1 aliphatic heterocycles. The lowest BCUT2D eigenvalue weighted by Gasteiger charge is -2.26. The summed E-state index contributed by atoms with van der Waals surface area (Å²) in [7, 11) is 3.97. The van der Waals surface area contributed by atoms with Gasteiger partial charge in [-0.05, 0) is 35.4 Å². The van der Waals surface area contributed by atoms with Gasteiger partial charge in [0.15, 0.2) is 0 Å². The molecule has 34 heavy (non-hydrogen) atoms. The molecule has 0 spiro atoms. The van der Waals surface area contributed by atoms with Crippen molar-refractivity contribution in [2.24, 2.45) is 0 Å². The van der Waals surface area contributed by atoms with Gasteiger partial charge in [-0.15, -0.1) is 0 Å². The van der Waals surface area contributed by atoms with Gasteiger partial charge < -0.3 is 25.0 Å². The quantitative estimate of drug-likeness (QED) is 0.537. The van der Waals surface area contributed by atoms with E-state index in [1.165, 1.54) is 0 Å². The van der Waals surface area contributed by atoms with Crippen LogP contribution in [0.25, 0.3) is 0 Å². The maximum atomic E-state index is 13.6. The first-order valence-corrected chi connectivity index (χ1v) is 11.2. The lowest BCUT2D eigenvalue weighted by atomic mass is 9.99. The van der Waals surface area contributed by atoms with Crippen molar-refractivity contribution in [2.75, 3.05) is 37.0 Å². The zero-order valence-electron chi connectivity index (χ0n) is 19.3. The third-order valence-corrected chi connectivity index (χ3v) is 5.99. The van der Waals surface area contributed by atoms with Crippen LogP contribution < -0.4 is 19.9 Å². The third-order valence-electron chi connectivity index (χ3n) is 5.99. The van der Waals surface area contributed by atoms with Gasteiger partial charge in [0.25, 0.3) is 0 Å². The predicted molar refractivity (Wildman–Crippen MR) is 133 cm³/mol. The molecule has 0 aromatic heterocycles. The number of hydrogen-bond acceptors (Lipinski definition) is 5. The Hall–Kier alpha value is -3.84. The topological polar surface area (TPSA) is 82.1 Å². The van der Waals surface area contributed by atoms with E-state index in [1.54, 1.807) is 17.0 Å². The number of anilines is 2. The van der Waals surface area contributed by atoms with Crippen molar-refractivity contribution in [1.82, 2.24) is 5.32 Å². The molecule has 3 aromatic carbocycles. The van der Waals surface area contributed by atoms with Crippen LogP contribution in [0, 0.1) is 0 Å². The molecule has 0 aliphatic carbocycles. The molecule has 0 bridgehead atoms. The van der Waals surface area contributed by atoms with Gasteiger partial charge in [0.1, 0.15) is 18.4 Å². The molecule has 7 nitrogen and oxygen atoms in total. The summed E-state index contributed by atoms with van der Waals surface area (Å²) in [6.07, 6.45) is 0. The van der Waals surface area contributed by atoms with Crippen LogP contribution in [0.1, 0.15) is 17.0 Å². The van der Waals surface area contributed by atoms with E-state index in [9.17, 15) is 14.7 Å². The molecular formula is C27H29N3O4. The molecular weight excluding hydrogens is 430 g/mol. The zero-order valence-corrected chi connectivity index (χ0v) is 19.3. The summed E-state index contributed by atoms with van der Waals surface area (Å²) >= 11 is 0. The maximum absolute atomic E-state index is 13.6. The molecule has 0 saturated carbocycles. The standard InChI is InChI=1S/C27H29N3O4/c1-29(2)21-14-12-19(13-15-21)17-30-24-10-6-7-11-25(24)34-18-23(26(30)31)28-16-22(27(32)33)20-8-4-3-5-9-20/h3-15,22-23,28H,16-18H2,1-2H3,(H,32,33)/t22-,23-/m0/s1. The summed E-state index contributed by atoms with van der Waals surface area (Å²) < 4.78 is 5.97. The number of para-hydroxylation sites is 2. The van der Waals surface area contributed by atoms with Gasteiger partial charge in [-0.2, -0.15) is 0 Å². The largest absolute Gasteiger partial charge is 0.489 e. The summed E-state index contributed by atoms with van der Waals surface area (Å²) in [6, 6.07) is 23.9. The molecule has 2 atom stereocenters. The number of carboxylic acid groups (broad SMARTS) is 1. The second-order valence-corrected chi connectivity index (χ2v) is 8.53. The number of nitrogens with zero attached hydrogens (tertiary/aromatic N) is 2. The number of nitrogens with one attached hydrogen (secondary N) is 1. The van der Waals surface area contributed by atoms with Gasteiger partial charge in [-0.3, -0.25) is 9.59 Å². The number of carbonyl (C=O) groups excluding carboxylic acids is 1. The van der Waals surface area contributed by atoms with E-state index in [1.807, 2.05) is 85.7 Å². The number of benzene rings is 3. The van der Waals surface area contributed by atoms with E-state index < -0.39 is 17.9 Å². The predicted octanol–water partition coefficient (Wildman–Crippen LogP) is 3.50. The summed E-state index contributed by atoms with van der Waals surface area (Å²) in [6.45, 7) is 0.611. The van der Waals surface area contributed by atoms with Crippen LogP contribution in [0.3, 0.4) is 0 Å². The third kappa shape index (κ3) is 5.21. The minimum atomic E-state index is -0.943. The fourth-order valence-corrected chi connectivity index (χ4v) is 4.04. The number of ether oxygens (including phenoxy) is 1. The average molecular weight is 460 g/mol. The Morgan fingerprint density at radius 1 is 1.06 bits per heavy atom. The second-order valence-electron chi connectivity index (χ2n) is 8.53. The summed E-state index contributed by atoms with van der Waals surface area (Å²) in [5.74, 6) is -1.24. The average Bonchev–Trinajstić information content (AvgIpc) is 2.97. The zero-order chi connectivity index (χ0) is 24.1. The molecule has 1 heterocycles. The van der Waals surface area contributed by atoms with Crippen LogP contribution in [0.4, 0.5) is 11.4 Å². The first-order valence-electron chi connectivity index (χ1n) is 11.2. The molecule has 0 unspecified atom stereocenters. The van der Waals surface area contributed by atoms with Crippen molar-refractivity contribution in [1.29, 1.82) is 0 Å². The van der Waals surface area contributed by atoms with Crippen LogP contribution >= 0.6 is 0 Å². The van der Waals surface area contributed by atoms with Gasteiger partial charge in [-0.1, -0.05) is 54.6 Å². The number of hydrogen-bond donors (Lipinski definition) is 2. The Morgan fingerprint density at radius 2 is 1.74 bits per heavy atom. The Morgan fingerprint density at radius 3 is 2.41 bits per heavy atom. The van der Waals surface area contributed by atoms with Crippen LogP contribution in [0.2, 0.25) is 0 Å². The monoisotopic (exact) mass is 459 g/mol. The van der Waals surface area contributed by atoms with Crippen LogP contribution in [-0.2, 0) is 16.1 Å². The minimum absolute atomic E-state index is 0.112. The maximum Gasteiger partial charge on any atom is 0.312 e. The molecule has 4 rings (SSSR count).